The molecule has 3 heteroatoms. The average Bonchev–Trinajstić information content (AvgIpc) is 2.89. The van der Waals surface area contributed by atoms with Crippen molar-refractivity contribution in [2.45, 2.75) is 57.1 Å². The van der Waals surface area contributed by atoms with Crippen molar-refractivity contribution in [1.82, 2.24) is 10.2 Å². The summed E-state index contributed by atoms with van der Waals surface area (Å²) < 4.78 is 5.71. The van der Waals surface area contributed by atoms with Crippen LogP contribution in [0.4, 0.5) is 0 Å². The molecule has 2 aliphatic rings. The third kappa shape index (κ3) is 4.57. The number of hydrogen-bond acceptors (Lipinski definition) is 3. The van der Waals surface area contributed by atoms with Crippen LogP contribution in [0.15, 0.2) is 0 Å². The predicted octanol–water partition coefficient (Wildman–Crippen LogP) is 2.02. The molecule has 0 radical (unpaired) electrons. The summed E-state index contributed by atoms with van der Waals surface area (Å²) in [6, 6.07) is 0.850. The van der Waals surface area contributed by atoms with Crippen molar-refractivity contribution in [2.24, 2.45) is 0 Å². The van der Waals surface area contributed by atoms with Gasteiger partial charge in [0.2, 0.25) is 0 Å². The van der Waals surface area contributed by atoms with Crippen LogP contribution in [0.25, 0.3) is 0 Å². The van der Waals surface area contributed by atoms with Crippen molar-refractivity contribution >= 4 is 0 Å². The molecule has 1 saturated carbocycles. The molecule has 1 aliphatic heterocycles. The third-order valence-corrected chi connectivity index (χ3v) is 4.24. The number of rotatable bonds is 6. The molecule has 100 valence electrons. The quantitative estimate of drug-likeness (QED) is 0.719. The average molecular weight is 240 g/mol. The van der Waals surface area contributed by atoms with Crippen molar-refractivity contribution in [3.63, 3.8) is 0 Å². The van der Waals surface area contributed by atoms with Gasteiger partial charge in [-0.25, -0.2) is 0 Å². The van der Waals surface area contributed by atoms with Crippen LogP contribution in [0.1, 0.15) is 44.9 Å². The second kappa shape index (κ2) is 7.34. The van der Waals surface area contributed by atoms with E-state index in [0.717, 1.165) is 25.7 Å². The molecule has 0 aromatic carbocycles. The summed E-state index contributed by atoms with van der Waals surface area (Å²) >= 11 is 0. The number of hydrogen-bond donors (Lipinski definition) is 1. The van der Waals surface area contributed by atoms with Gasteiger partial charge in [-0.2, -0.15) is 0 Å². The maximum absolute atomic E-state index is 5.71. The van der Waals surface area contributed by atoms with Gasteiger partial charge in [0, 0.05) is 32.3 Å². The number of likely N-dealkylation sites (N-methyl/N-ethyl adjacent to an activating group) is 1. The lowest BCUT2D eigenvalue weighted by molar-refractivity contribution is 0.0167. The Bertz CT molecular complexity index is 198. The monoisotopic (exact) mass is 240 g/mol. The van der Waals surface area contributed by atoms with E-state index in [1.165, 1.54) is 51.5 Å². The summed E-state index contributed by atoms with van der Waals surface area (Å²) in [5.41, 5.74) is 0. The van der Waals surface area contributed by atoms with Crippen LogP contribution in [0.2, 0.25) is 0 Å². The van der Waals surface area contributed by atoms with Gasteiger partial charge in [-0.1, -0.05) is 12.8 Å². The normalized spacial score (nSPS) is 26.8. The lowest BCUT2D eigenvalue weighted by Crippen LogP contribution is -2.38. The molecule has 1 unspecified atom stereocenters. The van der Waals surface area contributed by atoms with Gasteiger partial charge in [0.15, 0.2) is 0 Å². The van der Waals surface area contributed by atoms with Crippen LogP contribution in [0.3, 0.4) is 0 Å². The van der Waals surface area contributed by atoms with Crippen LogP contribution in [0, 0.1) is 0 Å². The molecule has 0 bridgehead atoms. The predicted molar refractivity (Wildman–Crippen MR) is 71.3 cm³/mol. The van der Waals surface area contributed by atoms with E-state index in [1.54, 1.807) is 0 Å². The van der Waals surface area contributed by atoms with E-state index in [4.69, 9.17) is 4.74 Å². The fourth-order valence-electron chi connectivity index (χ4n) is 3.01. The van der Waals surface area contributed by atoms with Gasteiger partial charge < -0.3 is 15.0 Å². The topological polar surface area (TPSA) is 24.5 Å². The molecule has 17 heavy (non-hydrogen) atoms. The summed E-state index contributed by atoms with van der Waals surface area (Å²) in [6.45, 7) is 4.29. The van der Waals surface area contributed by atoms with E-state index in [2.05, 4.69) is 17.3 Å². The van der Waals surface area contributed by atoms with E-state index in [9.17, 15) is 0 Å². The molecule has 0 aromatic rings. The Morgan fingerprint density at radius 1 is 1.12 bits per heavy atom. The highest BCUT2D eigenvalue weighted by molar-refractivity contribution is 4.75. The number of ether oxygens (including phenoxy) is 1. The zero-order chi connectivity index (χ0) is 11.9. The fraction of sp³-hybridized carbons (Fsp3) is 1.00. The van der Waals surface area contributed by atoms with Crippen LogP contribution < -0.4 is 5.32 Å². The second-order valence-electron chi connectivity index (χ2n) is 5.61. The van der Waals surface area contributed by atoms with Gasteiger partial charge in [0.25, 0.3) is 0 Å². The van der Waals surface area contributed by atoms with Gasteiger partial charge in [0.1, 0.15) is 0 Å². The molecular weight excluding hydrogens is 212 g/mol. The first-order chi connectivity index (χ1) is 8.36. The van der Waals surface area contributed by atoms with Gasteiger partial charge in [-0.15, -0.1) is 0 Å². The smallest absolute Gasteiger partial charge is 0.0699 e. The molecule has 2 fully saturated rings. The van der Waals surface area contributed by atoms with E-state index >= 15 is 0 Å². The van der Waals surface area contributed by atoms with Crippen LogP contribution in [-0.2, 0) is 4.74 Å². The Hall–Kier alpha value is -0.120. The van der Waals surface area contributed by atoms with Crippen LogP contribution in [-0.4, -0.2) is 50.3 Å². The molecule has 1 atom stereocenters. The first kappa shape index (κ1) is 13.3. The molecule has 0 aromatic heterocycles. The first-order valence-electron chi connectivity index (χ1n) is 7.39. The maximum Gasteiger partial charge on any atom is 0.0699 e. The Kier molecular flexibility index (Phi) is 5.75. The molecule has 1 heterocycles. The highest BCUT2D eigenvalue weighted by Gasteiger charge is 2.19. The lowest BCUT2D eigenvalue weighted by atomic mass is 10.1. The minimum Gasteiger partial charge on any atom is -0.377 e. The van der Waals surface area contributed by atoms with E-state index < -0.39 is 0 Å². The summed E-state index contributed by atoms with van der Waals surface area (Å²) in [5.74, 6) is 0. The van der Waals surface area contributed by atoms with Crippen molar-refractivity contribution in [1.29, 1.82) is 0 Å². The molecule has 0 spiro atoms. The van der Waals surface area contributed by atoms with Crippen LogP contribution >= 0.6 is 0 Å². The van der Waals surface area contributed by atoms with Crippen molar-refractivity contribution < 1.29 is 4.74 Å². The van der Waals surface area contributed by atoms with Crippen molar-refractivity contribution in [3.05, 3.63) is 0 Å². The second-order valence-corrected chi connectivity index (χ2v) is 5.61. The van der Waals surface area contributed by atoms with Gasteiger partial charge in [-0.05, 0) is 39.2 Å². The highest BCUT2D eigenvalue weighted by atomic mass is 16.5. The van der Waals surface area contributed by atoms with Crippen molar-refractivity contribution in [3.8, 4) is 0 Å². The van der Waals surface area contributed by atoms with Crippen molar-refractivity contribution in [2.75, 3.05) is 33.3 Å². The number of nitrogens with one attached hydrogen (secondary N) is 1. The maximum atomic E-state index is 5.71. The van der Waals surface area contributed by atoms with Gasteiger partial charge in [-0.3, -0.25) is 0 Å². The number of nitrogens with zero attached hydrogens (tertiary/aromatic N) is 1. The zero-order valence-corrected chi connectivity index (χ0v) is 11.3. The largest absolute Gasteiger partial charge is 0.377 e. The Labute approximate surface area is 106 Å². The molecule has 0 amide bonds. The van der Waals surface area contributed by atoms with Crippen LogP contribution in [0.5, 0.6) is 0 Å². The van der Waals surface area contributed by atoms with E-state index in [-0.39, 0.29) is 0 Å². The molecule has 1 N–H and O–H groups in total. The molecule has 1 aliphatic carbocycles. The summed E-state index contributed by atoms with van der Waals surface area (Å²) in [5, 5.41) is 3.54. The standard InChI is InChI=1S/C14H28N2O/c1-16(13-6-2-3-7-13)10-9-15-12-14-8-4-5-11-17-14/h13-15H,2-12H2,1H3. The highest BCUT2D eigenvalue weighted by Crippen LogP contribution is 2.21. The molecule has 2 rings (SSSR count). The Balaban J connectivity index is 1.50. The molecule has 1 saturated heterocycles. The summed E-state index contributed by atoms with van der Waals surface area (Å²) in [4.78, 5) is 2.53. The first-order valence-corrected chi connectivity index (χ1v) is 7.39. The lowest BCUT2D eigenvalue weighted by Gasteiger charge is -2.26. The molecule has 3 nitrogen and oxygen atoms in total. The Morgan fingerprint density at radius 3 is 2.59 bits per heavy atom. The SMILES string of the molecule is CN(CCNCC1CCCCO1)C1CCCC1. The van der Waals surface area contributed by atoms with Gasteiger partial charge in [0.05, 0.1) is 6.10 Å². The summed E-state index contributed by atoms with van der Waals surface area (Å²) in [6.07, 6.45) is 9.97. The van der Waals surface area contributed by atoms with E-state index in [0.29, 0.717) is 6.10 Å². The third-order valence-electron chi connectivity index (χ3n) is 4.24. The fourth-order valence-corrected chi connectivity index (χ4v) is 3.01. The van der Waals surface area contributed by atoms with E-state index in [1.807, 2.05) is 0 Å². The Morgan fingerprint density at radius 2 is 1.88 bits per heavy atom. The van der Waals surface area contributed by atoms with Gasteiger partial charge >= 0.3 is 0 Å². The zero-order valence-electron chi connectivity index (χ0n) is 11.3. The summed E-state index contributed by atoms with van der Waals surface area (Å²) in [7, 11) is 2.27. The minimum atomic E-state index is 0.473. The molecular formula is C14H28N2O. The minimum absolute atomic E-state index is 0.473.